The fraction of sp³-hybridized carbons (Fsp3) is 0.923. The Labute approximate surface area is 105 Å². The van der Waals surface area contributed by atoms with Crippen LogP contribution in [0.2, 0.25) is 0 Å². The van der Waals surface area contributed by atoms with Crippen LogP contribution in [-0.2, 0) is 4.79 Å². The Morgan fingerprint density at radius 2 is 1.88 bits per heavy atom. The first-order valence-corrected chi connectivity index (χ1v) is 6.66. The number of aliphatic hydroxyl groups excluding tert-OH is 1. The predicted molar refractivity (Wildman–Crippen MR) is 70.9 cm³/mol. The molecule has 0 atom stereocenters. The van der Waals surface area contributed by atoms with Crippen LogP contribution in [-0.4, -0.2) is 48.2 Å². The van der Waals surface area contributed by atoms with E-state index in [0.717, 1.165) is 12.8 Å². The van der Waals surface area contributed by atoms with E-state index in [1.165, 1.54) is 0 Å². The van der Waals surface area contributed by atoms with Crippen LogP contribution < -0.4 is 5.32 Å². The highest BCUT2D eigenvalue weighted by atomic mass is 16.3. The summed E-state index contributed by atoms with van der Waals surface area (Å²) in [6, 6.07) is 0.381. The third-order valence-corrected chi connectivity index (χ3v) is 2.90. The average molecular weight is 244 g/mol. The molecule has 0 aromatic carbocycles. The number of carbonyl (C=O) groups excluding carboxylic acids is 1. The van der Waals surface area contributed by atoms with Crippen molar-refractivity contribution in [2.24, 2.45) is 5.92 Å². The van der Waals surface area contributed by atoms with Gasteiger partial charge in [-0.3, -0.25) is 9.69 Å². The molecule has 0 fully saturated rings. The minimum Gasteiger partial charge on any atom is -0.395 e. The van der Waals surface area contributed by atoms with Crippen molar-refractivity contribution in [1.29, 1.82) is 0 Å². The molecule has 0 rings (SSSR count). The first-order valence-electron chi connectivity index (χ1n) is 6.66. The Bertz CT molecular complexity index is 204. The van der Waals surface area contributed by atoms with E-state index in [-0.39, 0.29) is 12.5 Å². The molecule has 102 valence electrons. The second-order valence-corrected chi connectivity index (χ2v) is 4.86. The van der Waals surface area contributed by atoms with Crippen LogP contribution in [0.4, 0.5) is 0 Å². The molecular weight excluding hydrogens is 216 g/mol. The van der Waals surface area contributed by atoms with Gasteiger partial charge in [0.25, 0.3) is 0 Å². The van der Waals surface area contributed by atoms with Crippen molar-refractivity contribution in [3.63, 3.8) is 0 Å². The summed E-state index contributed by atoms with van der Waals surface area (Å²) >= 11 is 0. The summed E-state index contributed by atoms with van der Waals surface area (Å²) in [4.78, 5) is 13.8. The van der Waals surface area contributed by atoms with Gasteiger partial charge in [0.15, 0.2) is 0 Å². The van der Waals surface area contributed by atoms with E-state index in [4.69, 9.17) is 5.11 Å². The molecule has 0 radical (unpaired) electrons. The zero-order valence-electron chi connectivity index (χ0n) is 11.7. The molecule has 0 saturated carbocycles. The highest BCUT2D eigenvalue weighted by Crippen LogP contribution is 2.07. The summed E-state index contributed by atoms with van der Waals surface area (Å²) in [5.41, 5.74) is 0. The van der Waals surface area contributed by atoms with Crippen LogP contribution in [0.3, 0.4) is 0 Å². The lowest BCUT2D eigenvalue weighted by molar-refractivity contribution is -0.123. The van der Waals surface area contributed by atoms with E-state index in [0.29, 0.717) is 31.6 Å². The number of hydrogen-bond donors (Lipinski definition) is 2. The fourth-order valence-corrected chi connectivity index (χ4v) is 1.88. The Kier molecular flexibility index (Phi) is 9.09. The summed E-state index contributed by atoms with van der Waals surface area (Å²) < 4.78 is 0. The first kappa shape index (κ1) is 16.4. The van der Waals surface area contributed by atoms with Crippen molar-refractivity contribution < 1.29 is 9.90 Å². The van der Waals surface area contributed by atoms with E-state index in [1.807, 2.05) is 0 Å². The number of rotatable bonds is 9. The van der Waals surface area contributed by atoms with Crippen molar-refractivity contribution in [1.82, 2.24) is 10.2 Å². The van der Waals surface area contributed by atoms with Crippen LogP contribution in [0.5, 0.6) is 0 Å². The number of hydrogen-bond acceptors (Lipinski definition) is 3. The normalized spacial score (nSPS) is 11.5. The van der Waals surface area contributed by atoms with Gasteiger partial charge in [-0.15, -0.1) is 0 Å². The van der Waals surface area contributed by atoms with Crippen molar-refractivity contribution in [3.05, 3.63) is 0 Å². The highest BCUT2D eigenvalue weighted by molar-refractivity contribution is 5.78. The van der Waals surface area contributed by atoms with Gasteiger partial charge in [0.05, 0.1) is 13.2 Å². The van der Waals surface area contributed by atoms with Gasteiger partial charge < -0.3 is 10.4 Å². The lowest BCUT2D eigenvalue weighted by Gasteiger charge is -2.29. The Morgan fingerprint density at radius 1 is 1.29 bits per heavy atom. The molecule has 0 unspecified atom stereocenters. The largest absolute Gasteiger partial charge is 0.395 e. The van der Waals surface area contributed by atoms with Gasteiger partial charge in [-0.05, 0) is 18.8 Å². The van der Waals surface area contributed by atoms with Gasteiger partial charge in [-0.1, -0.05) is 27.7 Å². The number of nitrogens with one attached hydrogen (secondary N) is 1. The van der Waals surface area contributed by atoms with Gasteiger partial charge in [-0.2, -0.15) is 0 Å². The summed E-state index contributed by atoms with van der Waals surface area (Å²) in [5, 5.41) is 11.9. The van der Waals surface area contributed by atoms with Crippen molar-refractivity contribution in [3.8, 4) is 0 Å². The maximum absolute atomic E-state index is 11.7. The molecule has 0 aliphatic rings. The number of carbonyl (C=O) groups is 1. The molecule has 0 aromatic rings. The number of aliphatic hydroxyl groups is 1. The standard InChI is InChI=1S/C13H28N2O2/c1-5-12(6-2)15(7-8-16)10-13(17)14-9-11(3)4/h11-12,16H,5-10H2,1-4H3,(H,14,17). The van der Waals surface area contributed by atoms with E-state index in [2.05, 4.69) is 37.9 Å². The molecule has 4 heteroatoms. The highest BCUT2D eigenvalue weighted by Gasteiger charge is 2.17. The van der Waals surface area contributed by atoms with Crippen molar-refractivity contribution in [2.45, 2.75) is 46.6 Å². The van der Waals surface area contributed by atoms with E-state index in [9.17, 15) is 4.79 Å². The minimum absolute atomic E-state index is 0.0547. The maximum atomic E-state index is 11.7. The van der Waals surface area contributed by atoms with E-state index < -0.39 is 0 Å². The zero-order valence-corrected chi connectivity index (χ0v) is 11.7. The van der Waals surface area contributed by atoms with E-state index >= 15 is 0 Å². The van der Waals surface area contributed by atoms with Crippen LogP contribution in [0, 0.1) is 5.92 Å². The third-order valence-electron chi connectivity index (χ3n) is 2.90. The van der Waals surface area contributed by atoms with E-state index in [1.54, 1.807) is 0 Å². The molecule has 0 spiro atoms. The monoisotopic (exact) mass is 244 g/mol. The molecule has 0 aromatic heterocycles. The summed E-state index contributed by atoms with van der Waals surface area (Å²) in [6.07, 6.45) is 2.02. The van der Waals surface area contributed by atoms with Gasteiger partial charge in [-0.25, -0.2) is 0 Å². The molecule has 0 heterocycles. The zero-order chi connectivity index (χ0) is 13.3. The Balaban J connectivity index is 4.18. The second kappa shape index (κ2) is 9.42. The molecular formula is C13H28N2O2. The molecule has 2 N–H and O–H groups in total. The van der Waals surface area contributed by atoms with Gasteiger partial charge in [0.1, 0.15) is 0 Å². The molecule has 17 heavy (non-hydrogen) atoms. The van der Waals surface area contributed by atoms with Gasteiger partial charge in [0.2, 0.25) is 5.91 Å². The topological polar surface area (TPSA) is 52.6 Å². The lowest BCUT2D eigenvalue weighted by atomic mass is 10.1. The minimum atomic E-state index is 0.0547. The summed E-state index contributed by atoms with van der Waals surface area (Å²) in [6.45, 7) is 10.2. The maximum Gasteiger partial charge on any atom is 0.234 e. The quantitative estimate of drug-likeness (QED) is 0.641. The average Bonchev–Trinajstić information content (AvgIpc) is 2.28. The van der Waals surface area contributed by atoms with Crippen LogP contribution in [0.15, 0.2) is 0 Å². The predicted octanol–water partition coefficient (Wildman–Crippen LogP) is 1.24. The first-order chi connectivity index (χ1) is 8.04. The summed E-state index contributed by atoms with van der Waals surface area (Å²) in [7, 11) is 0. The summed E-state index contributed by atoms with van der Waals surface area (Å²) in [5.74, 6) is 0.525. The Hall–Kier alpha value is -0.610. The SMILES string of the molecule is CCC(CC)N(CCO)CC(=O)NCC(C)C. The molecule has 0 bridgehead atoms. The molecule has 1 amide bonds. The molecule has 0 saturated heterocycles. The van der Waals surface area contributed by atoms with Crippen molar-refractivity contribution >= 4 is 5.91 Å². The molecule has 0 aliphatic heterocycles. The third kappa shape index (κ3) is 7.34. The fourth-order valence-electron chi connectivity index (χ4n) is 1.88. The molecule has 0 aliphatic carbocycles. The van der Waals surface area contributed by atoms with Crippen LogP contribution in [0.25, 0.3) is 0 Å². The number of amides is 1. The number of nitrogens with zero attached hydrogens (tertiary/aromatic N) is 1. The van der Waals surface area contributed by atoms with Crippen molar-refractivity contribution in [2.75, 3.05) is 26.2 Å². The van der Waals surface area contributed by atoms with Crippen LogP contribution in [0.1, 0.15) is 40.5 Å². The second-order valence-electron chi connectivity index (χ2n) is 4.86. The lowest BCUT2D eigenvalue weighted by Crippen LogP contribution is -2.44. The van der Waals surface area contributed by atoms with Gasteiger partial charge >= 0.3 is 0 Å². The smallest absolute Gasteiger partial charge is 0.234 e. The molecule has 4 nitrogen and oxygen atoms in total. The van der Waals surface area contributed by atoms with Crippen LogP contribution >= 0.6 is 0 Å². The van der Waals surface area contributed by atoms with Gasteiger partial charge in [0, 0.05) is 19.1 Å². The Morgan fingerprint density at radius 3 is 2.29 bits per heavy atom.